The molecule has 0 aliphatic carbocycles. The van der Waals surface area contributed by atoms with Crippen LogP contribution in [0.25, 0.3) is 0 Å². The molecule has 0 saturated carbocycles. The summed E-state index contributed by atoms with van der Waals surface area (Å²) in [4.78, 5) is 12.3. The molecule has 0 radical (unpaired) electrons. The molecule has 180 valence electrons. The van der Waals surface area contributed by atoms with Gasteiger partial charge in [0.25, 0.3) is 0 Å². The van der Waals surface area contributed by atoms with Crippen molar-refractivity contribution in [3.05, 3.63) is 90.0 Å². The SMILES string of the molecule is CC(CSCc1ccccc1)OC(=O)C(C)Oc1ccc(Oc2ccc(C(F)(F)F)cc2)cc1. The van der Waals surface area contributed by atoms with E-state index in [1.54, 1.807) is 43.0 Å². The minimum absolute atomic E-state index is 0.258. The zero-order valence-corrected chi connectivity index (χ0v) is 19.6. The van der Waals surface area contributed by atoms with Crippen LogP contribution < -0.4 is 9.47 Å². The first-order chi connectivity index (χ1) is 16.2. The van der Waals surface area contributed by atoms with Gasteiger partial charge >= 0.3 is 12.1 Å². The molecular formula is C26H25F3O4S. The third-order valence-electron chi connectivity index (χ3n) is 4.67. The molecule has 0 bridgehead atoms. The second-order valence-electron chi connectivity index (χ2n) is 7.60. The molecule has 0 amide bonds. The van der Waals surface area contributed by atoms with Crippen molar-refractivity contribution in [2.75, 3.05) is 5.75 Å². The summed E-state index contributed by atoms with van der Waals surface area (Å²) < 4.78 is 54.6. The molecule has 0 saturated heterocycles. The van der Waals surface area contributed by atoms with Gasteiger partial charge in [0.15, 0.2) is 6.10 Å². The number of alkyl halides is 3. The molecule has 0 aliphatic rings. The molecule has 4 nitrogen and oxygen atoms in total. The number of ether oxygens (including phenoxy) is 3. The molecule has 8 heteroatoms. The maximum Gasteiger partial charge on any atom is 0.416 e. The van der Waals surface area contributed by atoms with Crippen LogP contribution in [0, 0.1) is 0 Å². The fourth-order valence-electron chi connectivity index (χ4n) is 2.93. The van der Waals surface area contributed by atoms with Crippen LogP contribution in [0.5, 0.6) is 17.2 Å². The van der Waals surface area contributed by atoms with Gasteiger partial charge in [-0.25, -0.2) is 4.79 Å². The van der Waals surface area contributed by atoms with Gasteiger partial charge in [0.2, 0.25) is 0 Å². The number of hydrogen-bond donors (Lipinski definition) is 0. The fraction of sp³-hybridized carbons (Fsp3) is 0.269. The Morgan fingerprint density at radius 2 is 1.41 bits per heavy atom. The van der Waals surface area contributed by atoms with Crippen LogP contribution in [0.2, 0.25) is 0 Å². The number of carbonyl (C=O) groups excluding carboxylic acids is 1. The van der Waals surface area contributed by atoms with E-state index in [-0.39, 0.29) is 11.9 Å². The Hall–Kier alpha value is -3.13. The first kappa shape index (κ1) is 25.5. The van der Waals surface area contributed by atoms with Crippen molar-refractivity contribution in [2.24, 2.45) is 0 Å². The van der Waals surface area contributed by atoms with Crippen molar-refractivity contribution in [3.63, 3.8) is 0 Å². The topological polar surface area (TPSA) is 44.8 Å². The summed E-state index contributed by atoms with van der Waals surface area (Å²) in [6.45, 7) is 3.45. The molecule has 0 heterocycles. The Balaban J connectivity index is 1.43. The van der Waals surface area contributed by atoms with E-state index in [0.29, 0.717) is 17.3 Å². The highest BCUT2D eigenvalue weighted by Gasteiger charge is 2.30. The van der Waals surface area contributed by atoms with Crippen LogP contribution >= 0.6 is 11.8 Å². The lowest BCUT2D eigenvalue weighted by Gasteiger charge is -2.18. The Morgan fingerprint density at radius 3 is 2.00 bits per heavy atom. The van der Waals surface area contributed by atoms with Crippen LogP contribution in [-0.4, -0.2) is 23.9 Å². The maximum absolute atomic E-state index is 12.7. The fourth-order valence-corrected chi connectivity index (χ4v) is 3.88. The van der Waals surface area contributed by atoms with Gasteiger partial charge in [-0.1, -0.05) is 30.3 Å². The summed E-state index contributed by atoms with van der Waals surface area (Å²) in [7, 11) is 0. The molecule has 2 atom stereocenters. The summed E-state index contributed by atoms with van der Waals surface area (Å²) in [5, 5.41) is 0. The second-order valence-corrected chi connectivity index (χ2v) is 8.63. The highest BCUT2D eigenvalue weighted by molar-refractivity contribution is 7.98. The summed E-state index contributed by atoms with van der Waals surface area (Å²) in [6.07, 6.45) is -5.45. The van der Waals surface area contributed by atoms with Gasteiger partial charge in [-0.2, -0.15) is 24.9 Å². The van der Waals surface area contributed by atoms with E-state index < -0.39 is 23.8 Å². The van der Waals surface area contributed by atoms with Crippen molar-refractivity contribution in [3.8, 4) is 17.2 Å². The third-order valence-corrected chi connectivity index (χ3v) is 5.91. The lowest BCUT2D eigenvalue weighted by atomic mass is 10.2. The number of carbonyl (C=O) groups is 1. The van der Waals surface area contributed by atoms with E-state index in [0.717, 1.165) is 17.9 Å². The molecule has 3 aromatic rings. The van der Waals surface area contributed by atoms with Crippen molar-refractivity contribution >= 4 is 17.7 Å². The van der Waals surface area contributed by atoms with Gasteiger partial charge in [0.05, 0.1) is 5.56 Å². The van der Waals surface area contributed by atoms with Gasteiger partial charge in [0, 0.05) is 11.5 Å². The van der Waals surface area contributed by atoms with Crippen LogP contribution in [0.4, 0.5) is 13.2 Å². The van der Waals surface area contributed by atoms with E-state index >= 15 is 0 Å². The predicted molar refractivity (Wildman–Crippen MR) is 126 cm³/mol. The standard InChI is InChI=1S/C26H25F3O4S/c1-18(16-34-17-20-6-4-3-5-7-20)31-25(30)19(2)32-22-12-14-24(15-13-22)33-23-10-8-21(9-11-23)26(27,28)29/h3-15,18-19H,16-17H2,1-2H3. The average Bonchev–Trinajstić information content (AvgIpc) is 2.81. The van der Waals surface area contributed by atoms with Gasteiger partial charge < -0.3 is 14.2 Å². The first-order valence-corrected chi connectivity index (χ1v) is 11.8. The molecule has 0 aliphatic heterocycles. The smallest absolute Gasteiger partial charge is 0.416 e. The zero-order valence-electron chi connectivity index (χ0n) is 18.7. The molecule has 3 aromatic carbocycles. The quantitative estimate of drug-likeness (QED) is 0.283. The molecule has 2 unspecified atom stereocenters. The predicted octanol–water partition coefficient (Wildman–Crippen LogP) is 7.13. The van der Waals surface area contributed by atoms with Crippen molar-refractivity contribution in [1.82, 2.24) is 0 Å². The van der Waals surface area contributed by atoms with E-state index in [1.807, 2.05) is 25.1 Å². The van der Waals surface area contributed by atoms with Crippen LogP contribution in [0.15, 0.2) is 78.9 Å². The van der Waals surface area contributed by atoms with Gasteiger partial charge in [-0.3, -0.25) is 0 Å². The number of benzene rings is 3. The third kappa shape index (κ3) is 8.02. The minimum Gasteiger partial charge on any atom is -0.479 e. The highest BCUT2D eigenvalue weighted by Crippen LogP contribution is 2.31. The summed E-state index contributed by atoms with van der Waals surface area (Å²) in [5.74, 6) is 2.19. The number of rotatable bonds is 10. The second kappa shape index (κ2) is 11.8. The van der Waals surface area contributed by atoms with E-state index in [1.165, 1.54) is 17.7 Å². The van der Waals surface area contributed by atoms with E-state index in [2.05, 4.69) is 12.1 Å². The molecule has 0 fully saturated rings. The number of thioether (sulfide) groups is 1. The lowest BCUT2D eigenvalue weighted by molar-refractivity contribution is -0.154. The molecule has 0 N–H and O–H groups in total. The summed E-state index contributed by atoms with van der Waals surface area (Å²) in [5.41, 5.74) is 0.474. The summed E-state index contributed by atoms with van der Waals surface area (Å²) >= 11 is 1.69. The highest BCUT2D eigenvalue weighted by atomic mass is 32.2. The largest absolute Gasteiger partial charge is 0.479 e. The Morgan fingerprint density at radius 1 is 0.853 bits per heavy atom. The van der Waals surface area contributed by atoms with Crippen molar-refractivity contribution in [2.45, 2.75) is 38.0 Å². The molecule has 34 heavy (non-hydrogen) atoms. The minimum atomic E-state index is -4.39. The molecule has 0 aromatic heterocycles. The van der Waals surface area contributed by atoms with Crippen LogP contribution in [0.3, 0.4) is 0 Å². The maximum atomic E-state index is 12.7. The molecular weight excluding hydrogens is 465 g/mol. The number of halogens is 3. The number of hydrogen-bond acceptors (Lipinski definition) is 5. The van der Waals surface area contributed by atoms with E-state index in [9.17, 15) is 18.0 Å². The average molecular weight is 491 g/mol. The Kier molecular flexibility index (Phi) is 8.87. The van der Waals surface area contributed by atoms with Crippen LogP contribution in [0.1, 0.15) is 25.0 Å². The van der Waals surface area contributed by atoms with Gasteiger partial charge in [0.1, 0.15) is 23.4 Å². The molecule has 0 spiro atoms. The van der Waals surface area contributed by atoms with Crippen molar-refractivity contribution < 1.29 is 32.2 Å². The van der Waals surface area contributed by atoms with Crippen molar-refractivity contribution in [1.29, 1.82) is 0 Å². The lowest BCUT2D eigenvalue weighted by Crippen LogP contribution is -2.30. The van der Waals surface area contributed by atoms with Gasteiger partial charge in [-0.05, 0) is 67.9 Å². The first-order valence-electron chi connectivity index (χ1n) is 10.6. The van der Waals surface area contributed by atoms with Crippen LogP contribution in [-0.2, 0) is 21.5 Å². The summed E-state index contributed by atoms with van der Waals surface area (Å²) in [6, 6.07) is 20.9. The normalized spacial score (nSPS) is 13.1. The Labute approximate surface area is 201 Å². The molecule has 3 rings (SSSR count). The number of esters is 1. The van der Waals surface area contributed by atoms with E-state index in [4.69, 9.17) is 14.2 Å². The Bertz CT molecular complexity index is 1040. The van der Waals surface area contributed by atoms with Gasteiger partial charge in [-0.15, -0.1) is 0 Å². The zero-order chi connectivity index (χ0) is 24.6. The monoisotopic (exact) mass is 490 g/mol.